The molecule has 3 nitrogen and oxygen atoms in total. The average molecular weight is 457 g/mol. The molecule has 0 bridgehead atoms. The third-order valence-electron chi connectivity index (χ3n) is 6.84. The van der Waals surface area contributed by atoms with Crippen molar-refractivity contribution in [3.63, 3.8) is 0 Å². The molecule has 2 saturated carbocycles. The number of carbonyl (C=O) groups is 1. The first-order chi connectivity index (χ1) is 14.1. The average Bonchev–Trinajstić information content (AvgIpc) is 3.06. The molecule has 1 amide bonds. The summed E-state index contributed by atoms with van der Waals surface area (Å²) < 4.78 is 3.49. The molecular weight excluding hydrogens is 424 g/mol. The highest BCUT2D eigenvalue weighted by molar-refractivity contribution is 9.10. The quantitative estimate of drug-likeness (QED) is 0.522. The van der Waals surface area contributed by atoms with Crippen LogP contribution in [-0.2, 0) is 6.54 Å². The Morgan fingerprint density at radius 1 is 1.03 bits per heavy atom. The molecule has 0 spiro atoms. The fraction of sp³-hybridized carbons (Fsp3) is 0.560. The number of nitrogens with one attached hydrogen (secondary N) is 1. The zero-order valence-electron chi connectivity index (χ0n) is 17.6. The number of rotatable bonds is 5. The van der Waals surface area contributed by atoms with Gasteiger partial charge in [-0.1, -0.05) is 66.6 Å². The van der Waals surface area contributed by atoms with Crippen molar-refractivity contribution >= 4 is 21.8 Å². The van der Waals surface area contributed by atoms with E-state index in [-0.39, 0.29) is 5.91 Å². The van der Waals surface area contributed by atoms with E-state index < -0.39 is 0 Å². The lowest BCUT2D eigenvalue weighted by atomic mass is 9.89. The highest BCUT2D eigenvalue weighted by Crippen LogP contribution is 2.32. The van der Waals surface area contributed by atoms with Gasteiger partial charge >= 0.3 is 0 Å². The minimum absolute atomic E-state index is 0.105. The lowest BCUT2D eigenvalue weighted by Gasteiger charge is -2.24. The second-order valence-electron chi connectivity index (χ2n) is 8.96. The molecule has 1 heterocycles. The molecular formula is C25H33BrN2O. The van der Waals surface area contributed by atoms with Crippen molar-refractivity contribution in [1.29, 1.82) is 0 Å². The van der Waals surface area contributed by atoms with Gasteiger partial charge in [0.15, 0.2) is 0 Å². The first-order valence-electron chi connectivity index (χ1n) is 11.4. The first kappa shape index (κ1) is 20.7. The van der Waals surface area contributed by atoms with Crippen molar-refractivity contribution in [2.45, 2.75) is 83.7 Å². The van der Waals surface area contributed by atoms with Crippen LogP contribution in [0.5, 0.6) is 0 Å². The summed E-state index contributed by atoms with van der Waals surface area (Å²) in [5, 5.41) is 3.32. The molecule has 0 atom stereocenters. The van der Waals surface area contributed by atoms with Crippen LogP contribution in [0, 0.1) is 12.8 Å². The van der Waals surface area contributed by atoms with Crippen LogP contribution in [0.4, 0.5) is 0 Å². The zero-order valence-corrected chi connectivity index (χ0v) is 19.1. The summed E-state index contributed by atoms with van der Waals surface area (Å²) in [5.74, 6) is 0.822. The fourth-order valence-corrected chi connectivity index (χ4v) is 5.53. The molecule has 4 rings (SSSR count). The minimum Gasteiger partial charge on any atom is -0.349 e. The lowest BCUT2D eigenvalue weighted by molar-refractivity contribution is 0.0927. The third kappa shape index (κ3) is 4.96. The van der Waals surface area contributed by atoms with Gasteiger partial charge in [0.2, 0.25) is 0 Å². The van der Waals surface area contributed by atoms with Gasteiger partial charge in [0.25, 0.3) is 5.91 Å². The number of benzene rings is 1. The Kier molecular flexibility index (Phi) is 6.79. The maximum Gasteiger partial charge on any atom is 0.253 e. The summed E-state index contributed by atoms with van der Waals surface area (Å²) >= 11 is 3.61. The molecule has 1 N–H and O–H groups in total. The van der Waals surface area contributed by atoms with Crippen LogP contribution in [0.15, 0.2) is 34.8 Å². The maximum atomic E-state index is 13.2. The van der Waals surface area contributed by atoms with E-state index in [1.807, 2.05) is 0 Å². The van der Waals surface area contributed by atoms with E-state index in [2.05, 4.69) is 63.1 Å². The fourth-order valence-electron chi connectivity index (χ4n) is 5.14. The van der Waals surface area contributed by atoms with E-state index in [1.54, 1.807) is 0 Å². The SMILES string of the molecule is Cc1c(C(=O)NC2CCCCC2)cc(-c2cccc(Br)c2)n1CC1CCCCC1. The highest BCUT2D eigenvalue weighted by Gasteiger charge is 2.24. The Morgan fingerprint density at radius 3 is 2.41 bits per heavy atom. The number of amides is 1. The van der Waals surface area contributed by atoms with Crippen LogP contribution in [0.1, 0.15) is 80.3 Å². The number of nitrogens with zero attached hydrogens (tertiary/aromatic N) is 1. The molecule has 0 saturated heterocycles. The Labute approximate surface area is 183 Å². The van der Waals surface area contributed by atoms with Crippen molar-refractivity contribution < 1.29 is 4.79 Å². The van der Waals surface area contributed by atoms with Crippen molar-refractivity contribution in [2.75, 3.05) is 0 Å². The van der Waals surface area contributed by atoms with Crippen LogP contribution in [0.25, 0.3) is 11.3 Å². The summed E-state index contributed by atoms with van der Waals surface area (Å²) in [6.45, 7) is 3.14. The van der Waals surface area contributed by atoms with E-state index >= 15 is 0 Å². The standard InChI is InChI=1S/C25H33BrN2O/c1-18-23(25(29)27-22-13-6-3-7-14-22)16-24(20-11-8-12-21(26)15-20)28(18)17-19-9-4-2-5-10-19/h8,11-12,15-16,19,22H,2-7,9-10,13-14,17H2,1H3,(H,27,29). The molecule has 1 aromatic heterocycles. The van der Waals surface area contributed by atoms with Gasteiger partial charge in [0.1, 0.15) is 0 Å². The second-order valence-corrected chi connectivity index (χ2v) is 9.88. The second kappa shape index (κ2) is 9.51. The Hall–Kier alpha value is -1.55. The molecule has 2 aliphatic rings. The molecule has 2 aliphatic carbocycles. The molecule has 0 unspecified atom stereocenters. The summed E-state index contributed by atoms with van der Waals surface area (Å²) in [6.07, 6.45) is 12.7. The predicted molar refractivity (Wildman–Crippen MR) is 123 cm³/mol. The Bertz CT molecular complexity index is 845. The molecule has 0 aliphatic heterocycles. The molecule has 29 heavy (non-hydrogen) atoms. The molecule has 156 valence electrons. The van der Waals surface area contributed by atoms with Crippen LogP contribution >= 0.6 is 15.9 Å². The number of aromatic nitrogens is 1. The lowest BCUT2D eigenvalue weighted by Crippen LogP contribution is -2.36. The summed E-state index contributed by atoms with van der Waals surface area (Å²) in [4.78, 5) is 13.2. The topological polar surface area (TPSA) is 34.0 Å². The summed E-state index contributed by atoms with van der Waals surface area (Å²) in [5.41, 5.74) is 4.30. The minimum atomic E-state index is 0.105. The Morgan fingerprint density at radius 2 is 1.72 bits per heavy atom. The first-order valence-corrected chi connectivity index (χ1v) is 12.2. The van der Waals surface area contributed by atoms with Gasteiger partial charge < -0.3 is 9.88 Å². The van der Waals surface area contributed by atoms with Gasteiger partial charge in [0, 0.05) is 28.4 Å². The van der Waals surface area contributed by atoms with Crippen LogP contribution in [0.2, 0.25) is 0 Å². The number of hydrogen-bond donors (Lipinski definition) is 1. The maximum absolute atomic E-state index is 13.2. The van der Waals surface area contributed by atoms with Gasteiger partial charge in [-0.05, 0) is 62.3 Å². The van der Waals surface area contributed by atoms with E-state index in [4.69, 9.17) is 0 Å². The smallest absolute Gasteiger partial charge is 0.253 e. The van der Waals surface area contributed by atoms with Gasteiger partial charge in [-0.25, -0.2) is 0 Å². The van der Waals surface area contributed by atoms with Crippen molar-refractivity contribution in [3.8, 4) is 11.3 Å². The van der Waals surface area contributed by atoms with Gasteiger partial charge in [-0.2, -0.15) is 0 Å². The van der Waals surface area contributed by atoms with E-state index in [1.165, 1.54) is 62.6 Å². The van der Waals surface area contributed by atoms with Crippen molar-refractivity contribution in [3.05, 3.63) is 46.1 Å². The van der Waals surface area contributed by atoms with Gasteiger partial charge in [0.05, 0.1) is 5.56 Å². The molecule has 0 radical (unpaired) electrons. The molecule has 2 aromatic rings. The van der Waals surface area contributed by atoms with Gasteiger partial charge in [-0.15, -0.1) is 0 Å². The van der Waals surface area contributed by atoms with Crippen LogP contribution in [-0.4, -0.2) is 16.5 Å². The van der Waals surface area contributed by atoms with E-state index in [9.17, 15) is 4.79 Å². The number of carbonyl (C=O) groups excluding carboxylic acids is 1. The monoisotopic (exact) mass is 456 g/mol. The third-order valence-corrected chi connectivity index (χ3v) is 7.33. The van der Waals surface area contributed by atoms with Crippen LogP contribution < -0.4 is 5.32 Å². The van der Waals surface area contributed by atoms with Crippen molar-refractivity contribution in [2.24, 2.45) is 5.92 Å². The molecule has 4 heteroatoms. The predicted octanol–water partition coefficient (Wildman–Crippen LogP) is 6.87. The summed E-state index contributed by atoms with van der Waals surface area (Å²) in [6, 6.07) is 10.9. The number of halogens is 1. The number of hydrogen-bond acceptors (Lipinski definition) is 1. The normalized spacial score (nSPS) is 18.7. The highest BCUT2D eigenvalue weighted by atomic mass is 79.9. The molecule has 1 aromatic carbocycles. The molecule has 2 fully saturated rings. The van der Waals surface area contributed by atoms with Gasteiger partial charge in [-0.3, -0.25) is 4.79 Å². The van der Waals surface area contributed by atoms with Crippen LogP contribution in [0.3, 0.4) is 0 Å². The zero-order chi connectivity index (χ0) is 20.2. The van der Waals surface area contributed by atoms with E-state index in [0.29, 0.717) is 6.04 Å². The Balaban J connectivity index is 1.64. The van der Waals surface area contributed by atoms with E-state index in [0.717, 1.165) is 41.0 Å². The largest absolute Gasteiger partial charge is 0.349 e. The summed E-state index contributed by atoms with van der Waals surface area (Å²) in [7, 11) is 0. The van der Waals surface area contributed by atoms with Crippen molar-refractivity contribution in [1.82, 2.24) is 9.88 Å².